The van der Waals surface area contributed by atoms with Crippen molar-refractivity contribution in [3.05, 3.63) is 0 Å². The van der Waals surface area contributed by atoms with Gasteiger partial charge in [0, 0.05) is 12.5 Å². The molecular weight excluding hydrogens is 160 g/mol. The normalized spacial score (nSPS) is 18.8. The topological polar surface area (TPSA) is 80.9 Å². The van der Waals surface area contributed by atoms with Crippen molar-refractivity contribution in [1.82, 2.24) is 0 Å². The zero-order valence-corrected chi connectivity index (χ0v) is 7.35. The molecule has 3 unspecified atom stereocenters. The van der Waals surface area contributed by atoms with Crippen LogP contribution in [-0.4, -0.2) is 45.8 Å². The number of aliphatic hydroxyl groups is 4. The van der Waals surface area contributed by atoms with Crippen LogP contribution in [0.5, 0.6) is 0 Å². The fraction of sp³-hybridized carbons (Fsp3) is 1.00. The van der Waals surface area contributed by atoms with Crippen LogP contribution in [0.4, 0.5) is 0 Å². The third-order valence-corrected chi connectivity index (χ3v) is 2.04. The van der Waals surface area contributed by atoms with Crippen molar-refractivity contribution in [2.75, 3.05) is 13.2 Å². The standard InChI is InChI=1S/C8H18O4/c1-2-7(11)6(5-10)8(12)3-4-9/h6-12H,2-5H2,1H3. The van der Waals surface area contributed by atoms with Gasteiger partial charge in [-0.1, -0.05) is 6.92 Å². The molecule has 4 N–H and O–H groups in total. The highest BCUT2D eigenvalue weighted by molar-refractivity contribution is 4.74. The molecule has 0 fully saturated rings. The van der Waals surface area contributed by atoms with E-state index in [0.29, 0.717) is 6.42 Å². The fourth-order valence-corrected chi connectivity index (χ4v) is 1.15. The number of rotatable bonds is 6. The Balaban J connectivity index is 3.94. The molecule has 0 saturated carbocycles. The van der Waals surface area contributed by atoms with Gasteiger partial charge in [-0.15, -0.1) is 0 Å². The second-order valence-electron chi connectivity index (χ2n) is 2.90. The summed E-state index contributed by atoms with van der Waals surface area (Å²) in [6.07, 6.45) is -0.831. The minimum Gasteiger partial charge on any atom is -0.396 e. The first-order valence-electron chi connectivity index (χ1n) is 4.25. The Labute approximate surface area is 72.5 Å². The van der Waals surface area contributed by atoms with Gasteiger partial charge in [0.25, 0.3) is 0 Å². The molecule has 0 bridgehead atoms. The van der Waals surface area contributed by atoms with Gasteiger partial charge < -0.3 is 20.4 Å². The highest BCUT2D eigenvalue weighted by atomic mass is 16.3. The molecular formula is C8H18O4. The molecule has 12 heavy (non-hydrogen) atoms. The predicted molar refractivity (Wildman–Crippen MR) is 44.6 cm³/mol. The van der Waals surface area contributed by atoms with E-state index in [0.717, 1.165) is 0 Å². The minimum atomic E-state index is -0.824. The summed E-state index contributed by atoms with van der Waals surface area (Å²) in [4.78, 5) is 0. The highest BCUT2D eigenvalue weighted by Gasteiger charge is 2.24. The first-order chi connectivity index (χ1) is 5.67. The Morgan fingerprint density at radius 3 is 2.00 bits per heavy atom. The van der Waals surface area contributed by atoms with Gasteiger partial charge in [-0.25, -0.2) is 0 Å². The van der Waals surface area contributed by atoms with Crippen molar-refractivity contribution in [1.29, 1.82) is 0 Å². The summed E-state index contributed by atoms with van der Waals surface area (Å²) in [6, 6.07) is 0. The molecule has 0 radical (unpaired) electrons. The Bertz CT molecular complexity index is 107. The summed E-state index contributed by atoms with van der Waals surface area (Å²) in [6.45, 7) is 1.39. The van der Waals surface area contributed by atoms with Crippen LogP contribution in [0.1, 0.15) is 19.8 Å². The lowest BCUT2D eigenvalue weighted by Crippen LogP contribution is -2.34. The zero-order chi connectivity index (χ0) is 9.56. The van der Waals surface area contributed by atoms with Crippen LogP contribution in [0, 0.1) is 5.92 Å². The molecule has 0 rings (SSSR count). The van der Waals surface area contributed by atoms with E-state index >= 15 is 0 Å². The van der Waals surface area contributed by atoms with Crippen LogP contribution in [0.15, 0.2) is 0 Å². The molecule has 0 amide bonds. The molecule has 0 aromatic rings. The summed E-state index contributed by atoms with van der Waals surface area (Å²) < 4.78 is 0. The quantitative estimate of drug-likeness (QED) is 0.425. The van der Waals surface area contributed by atoms with E-state index in [1.165, 1.54) is 0 Å². The Morgan fingerprint density at radius 2 is 1.67 bits per heavy atom. The van der Waals surface area contributed by atoms with Gasteiger partial charge in [0.2, 0.25) is 0 Å². The monoisotopic (exact) mass is 178 g/mol. The van der Waals surface area contributed by atoms with Gasteiger partial charge in [-0.05, 0) is 12.8 Å². The van der Waals surface area contributed by atoms with Gasteiger partial charge in [-0.2, -0.15) is 0 Å². The molecule has 0 aliphatic heterocycles. The molecule has 0 aromatic heterocycles. The van der Waals surface area contributed by atoms with E-state index in [1.54, 1.807) is 6.92 Å². The first-order valence-corrected chi connectivity index (χ1v) is 4.25. The first kappa shape index (κ1) is 11.8. The van der Waals surface area contributed by atoms with Crippen LogP contribution in [-0.2, 0) is 0 Å². The number of aliphatic hydroxyl groups excluding tert-OH is 4. The van der Waals surface area contributed by atoms with Gasteiger partial charge >= 0.3 is 0 Å². The summed E-state index contributed by atoms with van der Waals surface area (Å²) in [5.74, 6) is -0.540. The van der Waals surface area contributed by atoms with Crippen molar-refractivity contribution in [3.63, 3.8) is 0 Å². The molecule has 0 aromatic carbocycles. The van der Waals surface area contributed by atoms with E-state index in [1.807, 2.05) is 0 Å². The molecule has 0 aliphatic carbocycles. The van der Waals surface area contributed by atoms with E-state index < -0.39 is 18.1 Å². The SMILES string of the molecule is CCC(O)C(CO)C(O)CCO. The van der Waals surface area contributed by atoms with E-state index in [4.69, 9.17) is 10.2 Å². The molecule has 0 saturated heterocycles. The van der Waals surface area contributed by atoms with Crippen LogP contribution in [0.2, 0.25) is 0 Å². The van der Waals surface area contributed by atoms with E-state index in [2.05, 4.69) is 0 Å². The second kappa shape index (κ2) is 6.37. The molecule has 0 heterocycles. The van der Waals surface area contributed by atoms with Crippen molar-refractivity contribution >= 4 is 0 Å². The number of hydrogen-bond acceptors (Lipinski definition) is 4. The average Bonchev–Trinajstić information content (AvgIpc) is 2.06. The molecule has 74 valence electrons. The largest absolute Gasteiger partial charge is 0.396 e. The fourth-order valence-electron chi connectivity index (χ4n) is 1.15. The van der Waals surface area contributed by atoms with Crippen molar-refractivity contribution < 1.29 is 20.4 Å². The minimum absolute atomic E-state index is 0.131. The summed E-state index contributed by atoms with van der Waals surface area (Å²) in [5.41, 5.74) is 0. The van der Waals surface area contributed by atoms with Crippen LogP contribution < -0.4 is 0 Å². The van der Waals surface area contributed by atoms with Gasteiger partial charge in [-0.3, -0.25) is 0 Å². The van der Waals surface area contributed by atoms with Crippen molar-refractivity contribution in [2.24, 2.45) is 5.92 Å². The Morgan fingerprint density at radius 1 is 1.08 bits per heavy atom. The van der Waals surface area contributed by atoms with Gasteiger partial charge in [0.1, 0.15) is 0 Å². The van der Waals surface area contributed by atoms with Crippen LogP contribution >= 0.6 is 0 Å². The smallest absolute Gasteiger partial charge is 0.0637 e. The van der Waals surface area contributed by atoms with Gasteiger partial charge in [0.05, 0.1) is 18.8 Å². The third-order valence-electron chi connectivity index (χ3n) is 2.04. The maximum Gasteiger partial charge on any atom is 0.0637 e. The summed E-state index contributed by atoms with van der Waals surface area (Å²) in [5, 5.41) is 36.0. The Kier molecular flexibility index (Phi) is 6.28. The molecule has 3 atom stereocenters. The van der Waals surface area contributed by atoms with Crippen molar-refractivity contribution in [2.45, 2.75) is 32.0 Å². The lowest BCUT2D eigenvalue weighted by Gasteiger charge is -2.24. The molecule has 4 heteroatoms. The maximum atomic E-state index is 9.33. The molecule has 0 spiro atoms. The van der Waals surface area contributed by atoms with E-state index in [9.17, 15) is 10.2 Å². The maximum absolute atomic E-state index is 9.33. The van der Waals surface area contributed by atoms with Crippen molar-refractivity contribution in [3.8, 4) is 0 Å². The lowest BCUT2D eigenvalue weighted by molar-refractivity contribution is -0.0263. The summed E-state index contributed by atoms with van der Waals surface area (Å²) >= 11 is 0. The second-order valence-corrected chi connectivity index (χ2v) is 2.90. The highest BCUT2D eigenvalue weighted by Crippen LogP contribution is 2.14. The predicted octanol–water partition coefficient (Wildman–Crippen LogP) is -0.891. The van der Waals surface area contributed by atoms with E-state index in [-0.39, 0.29) is 19.6 Å². The zero-order valence-electron chi connectivity index (χ0n) is 7.35. The van der Waals surface area contributed by atoms with Crippen LogP contribution in [0.25, 0.3) is 0 Å². The molecule has 0 aliphatic rings. The average molecular weight is 178 g/mol. The number of hydrogen-bond donors (Lipinski definition) is 4. The van der Waals surface area contributed by atoms with Crippen LogP contribution in [0.3, 0.4) is 0 Å². The molecule has 4 nitrogen and oxygen atoms in total. The summed E-state index contributed by atoms with van der Waals surface area (Å²) in [7, 11) is 0. The third kappa shape index (κ3) is 3.49. The lowest BCUT2D eigenvalue weighted by atomic mass is 9.93. The Hall–Kier alpha value is -0.160. The van der Waals surface area contributed by atoms with Gasteiger partial charge in [0.15, 0.2) is 0 Å².